The maximum Gasteiger partial charge on any atom is 0.228 e. The molecular weight excluding hydrogens is 232 g/mol. The zero-order valence-electron chi connectivity index (χ0n) is 10.5. The number of oxazole rings is 1. The molecule has 2 aromatic rings. The summed E-state index contributed by atoms with van der Waals surface area (Å²) in [6.07, 6.45) is 2.97. The number of nitrogens with one attached hydrogen (secondary N) is 1. The van der Waals surface area contributed by atoms with E-state index in [4.69, 9.17) is 4.42 Å². The van der Waals surface area contributed by atoms with Gasteiger partial charge in [0.1, 0.15) is 17.8 Å². The number of aromatic nitrogens is 3. The highest BCUT2D eigenvalue weighted by Gasteiger charge is 2.10. The summed E-state index contributed by atoms with van der Waals surface area (Å²) in [4.78, 5) is 23.6. The lowest BCUT2D eigenvalue weighted by Gasteiger charge is -2.06. The number of aryl methyl sites for hydroxylation is 1. The van der Waals surface area contributed by atoms with Gasteiger partial charge in [-0.2, -0.15) is 0 Å². The van der Waals surface area contributed by atoms with Gasteiger partial charge in [0, 0.05) is 18.9 Å². The molecule has 0 spiro atoms. The number of anilines is 1. The largest absolute Gasteiger partial charge is 0.439 e. The molecular formula is C12H14N4O2. The highest BCUT2D eigenvalue weighted by molar-refractivity contribution is 5.91. The van der Waals surface area contributed by atoms with Crippen molar-refractivity contribution < 1.29 is 9.21 Å². The third kappa shape index (κ3) is 2.71. The summed E-state index contributed by atoms with van der Waals surface area (Å²) in [5, 5.41) is 2.71. The number of carbonyl (C=O) groups is 1. The maximum absolute atomic E-state index is 11.6. The van der Waals surface area contributed by atoms with E-state index in [1.54, 1.807) is 19.2 Å². The fourth-order valence-electron chi connectivity index (χ4n) is 1.31. The molecule has 2 aromatic heterocycles. The molecule has 0 aliphatic heterocycles. The Balaban J connectivity index is 2.23. The Morgan fingerprint density at radius 3 is 2.72 bits per heavy atom. The molecule has 0 aliphatic carbocycles. The summed E-state index contributed by atoms with van der Waals surface area (Å²) in [7, 11) is 0. The zero-order valence-corrected chi connectivity index (χ0v) is 10.5. The van der Waals surface area contributed by atoms with Crippen LogP contribution in [0, 0.1) is 12.8 Å². The molecule has 6 nitrogen and oxygen atoms in total. The van der Waals surface area contributed by atoms with Crippen molar-refractivity contribution in [3.8, 4) is 11.5 Å². The third-order valence-corrected chi connectivity index (χ3v) is 2.32. The molecule has 0 aromatic carbocycles. The van der Waals surface area contributed by atoms with Gasteiger partial charge in [-0.1, -0.05) is 13.8 Å². The molecule has 1 amide bonds. The Kier molecular flexibility index (Phi) is 3.36. The molecule has 0 fully saturated rings. The van der Waals surface area contributed by atoms with Crippen molar-refractivity contribution in [3.05, 3.63) is 24.5 Å². The maximum atomic E-state index is 11.6. The first-order valence-corrected chi connectivity index (χ1v) is 5.62. The Morgan fingerprint density at radius 2 is 2.11 bits per heavy atom. The van der Waals surface area contributed by atoms with E-state index in [0.717, 1.165) is 0 Å². The quantitative estimate of drug-likeness (QED) is 0.896. The molecule has 2 rings (SSSR count). The smallest absolute Gasteiger partial charge is 0.228 e. The standard InChI is InChI=1S/C12H14N4O2/c1-7(2)12(17)16-11-4-9(14-6-15-11)10-5-13-8(3)18-10/h4-7H,1-3H3,(H,14,15,16,17). The third-order valence-electron chi connectivity index (χ3n) is 2.32. The molecule has 1 N–H and O–H groups in total. The number of carbonyl (C=O) groups excluding carboxylic acids is 1. The lowest BCUT2D eigenvalue weighted by Crippen LogP contribution is -2.18. The van der Waals surface area contributed by atoms with Gasteiger partial charge in [0.25, 0.3) is 0 Å². The van der Waals surface area contributed by atoms with Gasteiger partial charge in [-0.15, -0.1) is 0 Å². The highest BCUT2D eigenvalue weighted by atomic mass is 16.4. The molecule has 6 heteroatoms. The van der Waals surface area contributed by atoms with Crippen molar-refractivity contribution in [2.45, 2.75) is 20.8 Å². The van der Waals surface area contributed by atoms with E-state index in [0.29, 0.717) is 23.2 Å². The van der Waals surface area contributed by atoms with Crippen LogP contribution in [0.5, 0.6) is 0 Å². The summed E-state index contributed by atoms with van der Waals surface area (Å²) >= 11 is 0. The van der Waals surface area contributed by atoms with Crippen molar-refractivity contribution in [1.82, 2.24) is 15.0 Å². The van der Waals surface area contributed by atoms with E-state index in [1.807, 2.05) is 13.8 Å². The minimum atomic E-state index is -0.101. The fourth-order valence-corrected chi connectivity index (χ4v) is 1.31. The summed E-state index contributed by atoms with van der Waals surface area (Å²) in [5.41, 5.74) is 0.588. The van der Waals surface area contributed by atoms with Crippen molar-refractivity contribution in [1.29, 1.82) is 0 Å². The van der Waals surface area contributed by atoms with Crippen LogP contribution in [0.15, 0.2) is 23.0 Å². The first-order valence-electron chi connectivity index (χ1n) is 5.62. The monoisotopic (exact) mass is 246 g/mol. The molecule has 0 aliphatic rings. The fraction of sp³-hybridized carbons (Fsp3) is 0.333. The van der Waals surface area contributed by atoms with Gasteiger partial charge in [0.05, 0.1) is 6.20 Å². The van der Waals surface area contributed by atoms with Gasteiger partial charge in [-0.25, -0.2) is 15.0 Å². The lowest BCUT2D eigenvalue weighted by atomic mass is 10.2. The van der Waals surface area contributed by atoms with Gasteiger partial charge in [-0.3, -0.25) is 4.79 Å². The van der Waals surface area contributed by atoms with Gasteiger partial charge < -0.3 is 9.73 Å². The van der Waals surface area contributed by atoms with Crippen LogP contribution in [-0.2, 0) is 4.79 Å². The molecule has 0 atom stereocenters. The van der Waals surface area contributed by atoms with Crippen LogP contribution in [0.4, 0.5) is 5.82 Å². The van der Waals surface area contributed by atoms with Crippen LogP contribution in [0.3, 0.4) is 0 Å². The number of nitrogens with zero attached hydrogens (tertiary/aromatic N) is 3. The van der Waals surface area contributed by atoms with E-state index in [2.05, 4.69) is 20.3 Å². The summed E-state index contributed by atoms with van der Waals surface area (Å²) in [6, 6.07) is 1.65. The Hall–Kier alpha value is -2.24. The number of rotatable bonds is 3. The van der Waals surface area contributed by atoms with Crippen LogP contribution in [0.25, 0.3) is 11.5 Å². The molecule has 18 heavy (non-hydrogen) atoms. The molecule has 0 saturated carbocycles. The number of amides is 1. The van der Waals surface area contributed by atoms with Crippen LogP contribution in [-0.4, -0.2) is 20.9 Å². The van der Waals surface area contributed by atoms with Gasteiger partial charge in [0.2, 0.25) is 5.91 Å². The molecule has 94 valence electrons. The first-order chi connectivity index (χ1) is 8.56. The SMILES string of the molecule is Cc1ncc(-c2cc(NC(=O)C(C)C)ncn2)o1. The normalized spacial score (nSPS) is 10.7. The van der Waals surface area contributed by atoms with Crippen LogP contribution in [0.1, 0.15) is 19.7 Å². The molecule has 2 heterocycles. The van der Waals surface area contributed by atoms with Crippen molar-refractivity contribution in [3.63, 3.8) is 0 Å². The molecule has 0 radical (unpaired) electrons. The minimum Gasteiger partial charge on any atom is -0.439 e. The predicted molar refractivity (Wildman–Crippen MR) is 65.7 cm³/mol. The number of hydrogen-bond acceptors (Lipinski definition) is 5. The lowest BCUT2D eigenvalue weighted by molar-refractivity contribution is -0.118. The van der Waals surface area contributed by atoms with Crippen LogP contribution < -0.4 is 5.32 Å². The van der Waals surface area contributed by atoms with Crippen molar-refractivity contribution in [2.24, 2.45) is 5.92 Å². The van der Waals surface area contributed by atoms with Gasteiger partial charge in [-0.05, 0) is 0 Å². The molecule has 0 saturated heterocycles. The van der Waals surface area contributed by atoms with Crippen LogP contribution >= 0.6 is 0 Å². The minimum absolute atomic E-state index is 0.0894. The van der Waals surface area contributed by atoms with Gasteiger partial charge in [0.15, 0.2) is 11.7 Å². The first kappa shape index (κ1) is 12.2. The average Bonchev–Trinajstić information content (AvgIpc) is 2.76. The van der Waals surface area contributed by atoms with E-state index < -0.39 is 0 Å². The second kappa shape index (κ2) is 4.95. The second-order valence-electron chi connectivity index (χ2n) is 4.18. The summed E-state index contributed by atoms with van der Waals surface area (Å²) in [5.74, 6) is 1.38. The second-order valence-corrected chi connectivity index (χ2v) is 4.18. The summed E-state index contributed by atoms with van der Waals surface area (Å²) in [6.45, 7) is 5.39. The van der Waals surface area contributed by atoms with Crippen LogP contribution in [0.2, 0.25) is 0 Å². The number of hydrogen-bond donors (Lipinski definition) is 1. The van der Waals surface area contributed by atoms with Crippen molar-refractivity contribution >= 4 is 11.7 Å². The van der Waals surface area contributed by atoms with E-state index in [-0.39, 0.29) is 11.8 Å². The van der Waals surface area contributed by atoms with Gasteiger partial charge >= 0.3 is 0 Å². The average molecular weight is 246 g/mol. The van der Waals surface area contributed by atoms with E-state index in [1.165, 1.54) is 6.33 Å². The highest BCUT2D eigenvalue weighted by Crippen LogP contribution is 2.19. The zero-order chi connectivity index (χ0) is 13.1. The molecule has 0 bridgehead atoms. The summed E-state index contributed by atoms with van der Waals surface area (Å²) < 4.78 is 5.36. The topological polar surface area (TPSA) is 80.9 Å². The van der Waals surface area contributed by atoms with E-state index >= 15 is 0 Å². The Morgan fingerprint density at radius 1 is 1.33 bits per heavy atom. The van der Waals surface area contributed by atoms with Crippen molar-refractivity contribution in [2.75, 3.05) is 5.32 Å². The van der Waals surface area contributed by atoms with E-state index in [9.17, 15) is 4.79 Å². The Labute approximate surface area is 104 Å². The predicted octanol–water partition coefficient (Wildman–Crippen LogP) is 2.03. The molecule has 0 unspecified atom stereocenters. The Bertz CT molecular complexity index is 563.